The highest BCUT2D eigenvalue weighted by atomic mass is 32.1. The number of rotatable bonds is 3. The molecule has 0 aliphatic carbocycles. The summed E-state index contributed by atoms with van der Waals surface area (Å²) in [6.45, 7) is 1.07. The molecule has 1 aliphatic heterocycles. The number of thiophene rings is 1. The fourth-order valence-corrected chi connectivity index (χ4v) is 4.09. The Bertz CT molecular complexity index is 1030. The molecule has 3 aromatic rings. The smallest absolute Gasteiger partial charge is 0.334 e. The summed E-state index contributed by atoms with van der Waals surface area (Å²) in [5, 5.41) is 6.19. The van der Waals surface area contributed by atoms with Crippen molar-refractivity contribution in [2.24, 2.45) is 0 Å². The summed E-state index contributed by atoms with van der Waals surface area (Å²) < 4.78 is 55.1. The third-order valence-corrected chi connectivity index (χ3v) is 5.57. The number of carbonyl (C=O) groups excluding carboxylic acids is 1. The number of amides is 2. The standard InChI is InChI=1S/C18H14F4N4O2S/c19-12-3-1-10(2-4-12)8-23-17(27)26-6-5-11-7-13(29-14(11)9-26)15-24-16(28-25-15)18(20,21)22/h1-4,7H,5-6,8-9H2,(H,23,27). The van der Waals surface area contributed by atoms with Gasteiger partial charge in [-0.05, 0) is 35.7 Å². The molecule has 1 aliphatic rings. The van der Waals surface area contributed by atoms with Crippen LogP contribution in [0.15, 0.2) is 34.9 Å². The minimum absolute atomic E-state index is 0.121. The average Bonchev–Trinajstić information content (AvgIpc) is 3.33. The normalized spacial score (nSPS) is 14.0. The van der Waals surface area contributed by atoms with Crippen molar-refractivity contribution in [2.75, 3.05) is 6.54 Å². The maximum atomic E-state index is 12.9. The molecule has 0 spiro atoms. The second-order valence-corrected chi connectivity index (χ2v) is 7.57. The van der Waals surface area contributed by atoms with E-state index in [1.807, 2.05) is 0 Å². The minimum Gasteiger partial charge on any atom is -0.334 e. The van der Waals surface area contributed by atoms with Gasteiger partial charge < -0.3 is 14.7 Å². The first-order valence-electron chi connectivity index (χ1n) is 8.59. The van der Waals surface area contributed by atoms with Crippen LogP contribution >= 0.6 is 11.3 Å². The predicted octanol–water partition coefficient (Wildman–Crippen LogP) is 4.22. The van der Waals surface area contributed by atoms with Crippen LogP contribution in [0.3, 0.4) is 0 Å². The van der Waals surface area contributed by atoms with E-state index < -0.39 is 12.1 Å². The maximum Gasteiger partial charge on any atom is 0.471 e. The lowest BCUT2D eigenvalue weighted by Crippen LogP contribution is -2.42. The van der Waals surface area contributed by atoms with E-state index in [9.17, 15) is 22.4 Å². The first kappa shape index (κ1) is 19.4. The van der Waals surface area contributed by atoms with Gasteiger partial charge >= 0.3 is 18.1 Å². The zero-order valence-corrected chi connectivity index (χ0v) is 15.6. The number of halogens is 4. The minimum atomic E-state index is -4.69. The van der Waals surface area contributed by atoms with Gasteiger partial charge in [-0.1, -0.05) is 17.3 Å². The molecule has 0 fully saturated rings. The number of hydrogen-bond acceptors (Lipinski definition) is 5. The van der Waals surface area contributed by atoms with Crippen LogP contribution in [0.2, 0.25) is 0 Å². The summed E-state index contributed by atoms with van der Waals surface area (Å²) in [5.74, 6) is -1.86. The van der Waals surface area contributed by atoms with Crippen molar-refractivity contribution >= 4 is 17.4 Å². The number of nitrogens with one attached hydrogen (secondary N) is 1. The second kappa shape index (κ2) is 7.47. The average molecular weight is 426 g/mol. The Kier molecular flexibility index (Phi) is 4.99. The number of nitrogens with zero attached hydrogens (tertiary/aromatic N) is 3. The molecule has 11 heteroatoms. The van der Waals surface area contributed by atoms with E-state index in [2.05, 4.69) is 20.0 Å². The zero-order valence-electron chi connectivity index (χ0n) is 14.8. The van der Waals surface area contributed by atoms with Crippen molar-refractivity contribution in [1.29, 1.82) is 0 Å². The molecular weight excluding hydrogens is 412 g/mol. The number of urea groups is 1. The first-order chi connectivity index (χ1) is 13.8. The quantitative estimate of drug-likeness (QED) is 0.637. The Morgan fingerprint density at radius 1 is 1.28 bits per heavy atom. The van der Waals surface area contributed by atoms with Gasteiger partial charge in [0.2, 0.25) is 5.82 Å². The van der Waals surface area contributed by atoms with E-state index >= 15 is 0 Å². The monoisotopic (exact) mass is 426 g/mol. The maximum absolute atomic E-state index is 12.9. The van der Waals surface area contributed by atoms with Crippen molar-refractivity contribution in [3.63, 3.8) is 0 Å². The third-order valence-electron chi connectivity index (χ3n) is 4.42. The topological polar surface area (TPSA) is 71.3 Å². The number of aromatic nitrogens is 2. The number of hydrogen-bond donors (Lipinski definition) is 1. The Morgan fingerprint density at radius 3 is 2.72 bits per heavy atom. The Hall–Kier alpha value is -2.95. The molecule has 0 bridgehead atoms. The zero-order chi connectivity index (χ0) is 20.6. The van der Waals surface area contributed by atoms with E-state index in [4.69, 9.17) is 0 Å². The summed E-state index contributed by atoms with van der Waals surface area (Å²) in [7, 11) is 0. The fraction of sp³-hybridized carbons (Fsp3) is 0.278. The SMILES string of the molecule is O=C(NCc1ccc(F)cc1)N1CCc2cc(-c3noc(C(F)(F)F)n3)sc2C1. The van der Waals surface area contributed by atoms with Gasteiger partial charge in [0.25, 0.3) is 0 Å². The van der Waals surface area contributed by atoms with Crippen LogP contribution in [0.25, 0.3) is 10.7 Å². The van der Waals surface area contributed by atoms with Crippen LogP contribution in [-0.4, -0.2) is 27.6 Å². The molecule has 29 heavy (non-hydrogen) atoms. The van der Waals surface area contributed by atoms with Crippen LogP contribution in [0.5, 0.6) is 0 Å². The van der Waals surface area contributed by atoms with Gasteiger partial charge in [0.15, 0.2) is 0 Å². The van der Waals surface area contributed by atoms with Crippen LogP contribution < -0.4 is 5.32 Å². The lowest BCUT2D eigenvalue weighted by atomic mass is 10.1. The Labute approximate surface area is 166 Å². The molecule has 2 aromatic heterocycles. The van der Waals surface area contributed by atoms with Crippen LogP contribution in [0, 0.1) is 5.82 Å². The highest BCUT2D eigenvalue weighted by molar-refractivity contribution is 7.15. The van der Waals surface area contributed by atoms with Crippen molar-refractivity contribution < 1.29 is 26.9 Å². The highest BCUT2D eigenvalue weighted by Gasteiger charge is 2.38. The number of benzene rings is 1. The lowest BCUT2D eigenvalue weighted by molar-refractivity contribution is -0.159. The van der Waals surface area contributed by atoms with Gasteiger partial charge in [-0.2, -0.15) is 18.2 Å². The van der Waals surface area contributed by atoms with Gasteiger partial charge in [0.05, 0.1) is 11.4 Å². The van der Waals surface area contributed by atoms with E-state index in [1.54, 1.807) is 23.1 Å². The molecule has 4 rings (SSSR count). The fourth-order valence-electron chi connectivity index (χ4n) is 2.93. The van der Waals surface area contributed by atoms with Gasteiger partial charge in [0, 0.05) is 18.0 Å². The van der Waals surface area contributed by atoms with Crippen molar-refractivity contribution in [3.8, 4) is 10.7 Å². The molecular formula is C18H14F4N4O2S. The molecule has 3 heterocycles. The Balaban J connectivity index is 1.41. The van der Waals surface area contributed by atoms with Gasteiger partial charge in [-0.15, -0.1) is 11.3 Å². The van der Waals surface area contributed by atoms with Crippen molar-refractivity contribution in [1.82, 2.24) is 20.4 Å². The highest BCUT2D eigenvalue weighted by Crippen LogP contribution is 2.35. The van der Waals surface area contributed by atoms with Crippen LogP contribution in [0.1, 0.15) is 21.9 Å². The third kappa shape index (κ3) is 4.24. The summed E-state index contributed by atoms with van der Waals surface area (Å²) in [6.07, 6.45) is -4.12. The Morgan fingerprint density at radius 2 is 2.03 bits per heavy atom. The molecule has 0 radical (unpaired) electrons. The molecule has 0 atom stereocenters. The first-order valence-corrected chi connectivity index (χ1v) is 9.41. The van der Waals surface area contributed by atoms with Gasteiger partial charge in [-0.3, -0.25) is 0 Å². The van der Waals surface area contributed by atoms with Crippen molar-refractivity contribution in [3.05, 3.63) is 58.0 Å². The number of fused-ring (bicyclic) bond motifs is 1. The van der Waals surface area contributed by atoms with Crippen molar-refractivity contribution in [2.45, 2.75) is 25.7 Å². The van der Waals surface area contributed by atoms with Gasteiger partial charge in [-0.25, -0.2) is 9.18 Å². The molecule has 0 saturated carbocycles. The van der Waals surface area contributed by atoms with Crippen LogP contribution in [-0.2, 0) is 25.7 Å². The molecule has 1 N–H and O–H groups in total. The van der Waals surface area contributed by atoms with E-state index in [0.29, 0.717) is 24.4 Å². The molecule has 1 aromatic carbocycles. The molecule has 0 saturated heterocycles. The molecule has 152 valence electrons. The van der Waals surface area contributed by atoms with Crippen LogP contribution in [0.4, 0.5) is 22.4 Å². The van der Waals surface area contributed by atoms with E-state index in [1.165, 1.54) is 23.5 Å². The summed E-state index contributed by atoms with van der Waals surface area (Å²) in [5.41, 5.74) is 1.72. The summed E-state index contributed by atoms with van der Waals surface area (Å²) in [4.78, 5) is 18.8. The largest absolute Gasteiger partial charge is 0.471 e. The second-order valence-electron chi connectivity index (χ2n) is 6.44. The molecule has 0 unspecified atom stereocenters. The number of alkyl halides is 3. The summed E-state index contributed by atoms with van der Waals surface area (Å²) in [6, 6.07) is 7.30. The van der Waals surface area contributed by atoms with Gasteiger partial charge in [0.1, 0.15) is 5.82 Å². The van der Waals surface area contributed by atoms with E-state index in [-0.39, 0.29) is 24.2 Å². The molecule has 6 nitrogen and oxygen atoms in total. The molecule has 2 amide bonds. The predicted molar refractivity (Wildman–Crippen MR) is 95.4 cm³/mol. The van der Waals surface area contributed by atoms with E-state index in [0.717, 1.165) is 16.0 Å². The number of carbonyl (C=O) groups is 1. The lowest BCUT2D eigenvalue weighted by Gasteiger charge is -2.27. The summed E-state index contributed by atoms with van der Waals surface area (Å²) >= 11 is 1.23.